The fourth-order valence-corrected chi connectivity index (χ4v) is 3.58. The highest BCUT2D eigenvalue weighted by molar-refractivity contribution is 8.25. The Kier molecular flexibility index (Phi) is 9.21. The van der Waals surface area contributed by atoms with E-state index in [-0.39, 0.29) is 29.5 Å². The van der Waals surface area contributed by atoms with Gasteiger partial charge in [-0.2, -0.15) is 0 Å². The quantitative estimate of drug-likeness (QED) is 0.601. The highest BCUT2D eigenvalue weighted by atomic mass is 35.5. The number of amides is 2. The number of carbonyl (C=O) groups is 2. The van der Waals surface area contributed by atoms with Crippen molar-refractivity contribution in [3.63, 3.8) is 0 Å². The van der Waals surface area contributed by atoms with E-state index in [9.17, 15) is 9.59 Å². The highest BCUT2D eigenvalue weighted by Gasteiger charge is 2.37. The molecule has 0 saturated carbocycles. The molecule has 1 aliphatic heterocycles. The van der Waals surface area contributed by atoms with Crippen molar-refractivity contribution >= 4 is 45.4 Å². The minimum atomic E-state index is -0.771. The van der Waals surface area contributed by atoms with E-state index < -0.39 is 10.5 Å². The van der Waals surface area contributed by atoms with E-state index in [1.165, 1.54) is 0 Å². The Balaban J connectivity index is 0.000000423. The second-order valence-corrected chi connectivity index (χ2v) is 9.88. The number of carbonyl (C=O) groups excluding carboxylic acids is 2. The molecule has 2 aromatic carbocycles. The zero-order valence-electron chi connectivity index (χ0n) is 17.7. The van der Waals surface area contributed by atoms with Gasteiger partial charge in [-0.3, -0.25) is 14.5 Å². The topological polar surface area (TPSA) is 98.7 Å². The molecule has 31 heavy (non-hydrogen) atoms. The number of rotatable bonds is 4. The van der Waals surface area contributed by atoms with E-state index >= 15 is 0 Å². The van der Waals surface area contributed by atoms with Crippen LogP contribution in [-0.2, 0) is 4.74 Å². The molecule has 6 nitrogen and oxygen atoms in total. The van der Waals surface area contributed by atoms with Gasteiger partial charge in [-0.15, -0.1) is 0 Å². The van der Waals surface area contributed by atoms with E-state index in [1.807, 2.05) is 48.5 Å². The van der Waals surface area contributed by atoms with Crippen LogP contribution in [-0.4, -0.2) is 40.1 Å². The van der Waals surface area contributed by atoms with Crippen LogP contribution in [0.25, 0.3) is 0 Å². The van der Waals surface area contributed by atoms with Gasteiger partial charge in [0.15, 0.2) is 0 Å². The maximum atomic E-state index is 9.69. The third-order valence-electron chi connectivity index (χ3n) is 4.69. The fraction of sp³-hybridized carbons (Fsp3) is 0.364. The molecule has 2 aromatic rings. The summed E-state index contributed by atoms with van der Waals surface area (Å²) in [5.41, 5.74) is 11.3. The average Bonchev–Trinajstić information content (AvgIpc) is 2.61. The molecule has 3 rings (SSSR count). The van der Waals surface area contributed by atoms with Crippen LogP contribution in [0.1, 0.15) is 38.0 Å². The summed E-state index contributed by atoms with van der Waals surface area (Å²) in [7, 11) is 0. The molecule has 168 valence electrons. The average molecular weight is 484 g/mol. The van der Waals surface area contributed by atoms with E-state index in [0.717, 1.165) is 34.3 Å². The smallest absolute Gasteiger partial charge is 0.285 e. The third-order valence-corrected chi connectivity index (χ3v) is 5.69. The van der Waals surface area contributed by atoms with Crippen molar-refractivity contribution in [2.75, 3.05) is 13.1 Å². The summed E-state index contributed by atoms with van der Waals surface area (Å²) in [4.78, 5) is 21.8. The van der Waals surface area contributed by atoms with Crippen LogP contribution < -0.4 is 11.5 Å². The molecule has 0 bridgehead atoms. The Morgan fingerprint density at radius 1 is 1.03 bits per heavy atom. The number of hydrogen-bond acceptors (Lipinski definition) is 5. The number of thioether (sulfide) groups is 1. The van der Waals surface area contributed by atoms with Crippen molar-refractivity contribution < 1.29 is 14.3 Å². The lowest BCUT2D eigenvalue weighted by Crippen LogP contribution is -2.59. The van der Waals surface area contributed by atoms with Crippen molar-refractivity contribution in [2.24, 2.45) is 11.5 Å². The minimum Gasteiger partial charge on any atom is -0.363 e. The molecule has 1 saturated heterocycles. The number of likely N-dealkylation sites (tertiary alicyclic amines) is 1. The maximum Gasteiger partial charge on any atom is 0.285 e. The number of ether oxygens (including phenoxy) is 1. The van der Waals surface area contributed by atoms with Gasteiger partial charge in [0.2, 0.25) is 0 Å². The Bertz CT molecular complexity index is 886. The van der Waals surface area contributed by atoms with Crippen molar-refractivity contribution in [2.45, 2.75) is 38.5 Å². The van der Waals surface area contributed by atoms with Crippen LogP contribution in [0.5, 0.6) is 0 Å². The fourth-order valence-electron chi connectivity index (χ4n) is 3.02. The van der Waals surface area contributed by atoms with E-state index in [4.69, 9.17) is 27.9 Å². The van der Waals surface area contributed by atoms with Gasteiger partial charge >= 0.3 is 0 Å². The van der Waals surface area contributed by atoms with Crippen molar-refractivity contribution in [3.8, 4) is 0 Å². The van der Waals surface area contributed by atoms with E-state index in [2.05, 4.69) is 37.1 Å². The Hall–Kier alpha value is -1.77. The summed E-state index contributed by atoms with van der Waals surface area (Å²) in [6.07, 6.45) is 0.0317. The number of halogens is 2. The van der Waals surface area contributed by atoms with Crippen LogP contribution in [0.4, 0.5) is 9.59 Å². The van der Waals surface area contributed by atoms with Crippen LogP contribution in [0.2, 0.25) is 10.0 Å². The lowest BCUT2D eigenvalue weighted by molar-refractivity contribution is -0.109. The highest BCUT2D eigenvalue weighted by Crippen LogP contribution is 2.35. The second kappa shape index (κ2) is 11.2. The van der Waals surface area contributed by atoms with Gasteiger partial charge in [0.05, 0.1) is 6.10 Å². The summed E-state index contributed by atoms with van der Waals surface area (Å²) < 4.78 is 6.44. The molecule has 0 radical (unpaired) electrons. The molecule has 1 unspecified atom stereocenters. The monoisotopic (exact) mass is 483 g/mol. The number of primary amides is 2. The first-order valence-electron chi connectivity index (χ1n) is 9.64. The Labute approximate surface area is 197 Å². The zero-order chi connectivity index (χ0) is 23.2. The van der Waals surface area contributed by atoms with Gasteiger partial charge in [-0.1, -0.05) is 53.5 Å². The van der Waals surface area contributed by atoms with Crippen molar-refractivity contribution in [1.82, 2.24) is 4.90 Å². The first kappa shape index (κ1) is 25.5. The zero-order valence-corrected chi connectivity index (χ0v) is 20.0. The molecule has 1 aliphatic rings. The van der Waals surface area contributed by atoms with Crippen LogP contribution in [0.15, 0.2) is 48.5 Å². The molecule has 0 aliphatic carbocycles. The molecular formula is C22H27Cl2N3O3S. The van der Waals surface area contributed by atoms with Gasteiger partial charge < -0.3 is 16.2 Å². The second-order valence-electron chi connectivity index (χ2n) is 8.03. The van der Waals surface area contributed by atoms with Gasteiger partial charge in [-0.25, -0.2) is 0 Å². The molecular weight excluding hydrogens is 457 g/mol. The molecule has 1 heterocycles. The lowest BCUT2D eigenvalue weighted by atomic mass is 9.97. The van der Waals surface area contributed by atoms with Crippen LogP contribution in [0, 0.1) is 0 Å². The van der Waals surface area contributed by atoms with Gasteiger partial charge in [-0.05, 0) is 44.5 Å². The molecule has 1 fully saturated rings. The normalized spacial score (nSPS) is 15.4. The molecule has 2 amide bonds. The summed E-state index contributed by atoms with van der Waals surface area (Å²) in [6.45, 7) is 8.58. The van der Waals surface area contributed by atoms with Crippen LogP contribution >= 0.6 is 35.0 Å². The SMILES string of the molecule is CC(C)(C)N1CC(OC(c2ccc(Cl)cc2)c2ccccc2Cl)C1.NC(=O)SC(N)=O. The summed E-state index contributed by atoms with van der Waals surface area (Å²) >= 11 is 12.8. The Morgan fingerprint density at radius 2 is 1.58 bits per heavy atom. The molecule has 1 atom stereocenters. The number of benzene rings is 2. The van der Waals surface area contributed by atoms with Crippen molar-refractivity contribution in [3.05, 3.63) is 69.7 Å². The predicted octanol–water partition coefficient (Wildman–Crippen LogP) is 5.46. The number of nitrogens with two attached hydrogens (primary N) is 2. The van der Waals surface area contributed by atoms with Crippen LogP contribution in [0.3, 0.4) is 0 Å². The largest absolute Gasteiger partial charge is 0.363 e. The van der Waals surface area contributed by atoms with Gasteiger partial charge in [0, 0.05) is 46.0 Å². The first-order valence-corrected chi connectivity index (χ1v) is 11.2. The first-order chi connectivity index (χ1) is 14.5. The van der Waals surface area contributed by atoms with Gasteiger partial charge in [0.25, 0.3) is 10.5 Å². The van der Waals surface area contributed by atoms with Crippen molar-refractivity contribution in [1.29, 1.82) is 0 Å². The Morgan fingerprint density at radius 3 is 2.03 bits per heavy atom. The molecule has 4 N–H and O–H groups in total. The summed E-state index contributed by atoms with van der Waals surface area (Å²) in [5.74, 6) is 0. The van der Waals surface area contributed by atoms with E-state index in [0.29, 0.717) is 0 Å². The standard InChI is InChI=1S/C20H23Cl2NO.C2H4N2O2S/c1-20(2,3)23-12-16(13-23)24-19(14-8-10-15(21)11-9-14)17-6-4-5-7-18(17)22;3-1(5)7-2(4)6/h4-11,16,19H,12-13H2,1-3H3;(H2,3,5)(H2,4,6). The van der Waals surface area contributed by atoms with Gasteiger partial charge in [0.1, 0.15) is 6.10 Å². The summed E-state index contributed by atoms with van der Waals surface area (Å²) in [6, 6.07) is 15.7. The third kappa shape index (κ3) is 8.01. The maximum absolute atomic E-state index is 9.69. The predicted molar refractivity (Wildman–Crippen MR) is 128 cm³/mol. The molecule has 9 heteroatoms. The molecule has 0 spiro atoms. The minimum absolute atomic E-state index is 0.178. The van der Waals surface area contributed by atoms with E-state index in [1.54, 1.807) is 0 Å². The lowest BCUT2D eigenvalue weighted by Gasteiger charge is -2.48. The molecule has 0 aromatic heterocycles. The summed E-state index contributed by atoms with van der Waals surface area (Å²) in [5, 5.41) is -0.0938. The number of nitrogens with zero attached hydrogens (tertiary/aromatic N) is 1. The number of hydrogen-bond donors (Lipinski definition) is 2.